The average molecular weight is 260 g/mol. The van der Waals surface area contributed by atoms with E-state index in [2.05, 4.69) is 4.74 Å². The Morgan fingerprint density at radius 2 is 2.17 bits per heavy atom. The Morgan fingerprint density at radius 1 is 1.50 bits per heavy atom. The summed E-state index contributed by atoms with van der Waals surface area (Å²) in [5.74, 6) is -3.28. The number of hydrogen-bond acceptors (Lipinski definition) is 7. The fourth-order valence-electron chi connectivity index (χ4n) is 1.39. The van der Waals surface area contributed by atoms with Crippen molar-refractivity contribution >= 4 is 11.9 Å². The first-order valence-electron chi connectivity index (χ1n) is 5.64. The maximum Gasteiger partial charge on any atom is 0.377 e. The second-order valence-corrected chi connectivity index (χ2v) is 3.91. The third-order valence-electron chi connectivity index (χ3n) is 2.44. The van der Waals surface area contributed by atoms with E-state index in [1.165, 1.54) is 0 Å². The molecule has 3 N–H and O–H groups in total. The fraction of sp³-hybridized carbons (Fsp3) is 0.636. The maximum absolute atomic E-state index is 11.2. The Morgan fingerprint density at radius 3 is 2.67 bits per heavy atom. The molecule has 0 radical (unpaired) electrons. The molecule has 0 aromatic rings. The van der Waals surface area contributed by atoms with Gasteiger partial charge in [0.1, 0.15) is 12.7 Å². The van der Waals surface area contributed by atoms with Crippen molar-refractivity contribution < 1.29 is 34.4 Å². The molecule has 18 heavy (non-hydrogen) atoms. The molecule has 7 heteroatoms. The van der Waals surface area contributed by atoms with Gasteiger partial charge in [-0.25, -0.2) is 4.79 Å². The first kappa shape index (κ1) is 14.3. The minimum absolute atomic E-state index is 0.237. The van der Waals surface area contributed by atoms with Crippen LogP contribution < -0.4 is 0 Å². The van der Waals surface area contributed by atoms with Crippen molar-refractivity contribution in [3.8, 4) is 0 Å². The van der Waals surface area contributed by atoms with Gasteiger partial charge < -0.3 is 24.8 Å². The molecule has 0 aromatic heterocycles. The van der Waals surface area contributed by atoms with E-state index in [4.69, 9.17) is 9.84 Å². The molecule has 0 amide bonds. The summed E-state index contributed by atoms with van der Waals surface area (Å²) in [6.07, 6.45) is -1.05. The van der Waals surface area contributed by atoms with Crippen LogP contribution in [0.5, 0.6) is 0 Å². The van der Waals surface area contributed by atoms with E-state index in [-0.39, 0.29) is 6.42 Å². The largest absolute Gasteiger partial charge is 0.505 e. The monoisotopic (exact) mass is 260 g/mol. The van der Waals surface area contributed by atoms with Crippen LogP contribution in [0, 0.1) is 0 Å². The van der Waals surface area contributed by atoms with Gasteiger partial charge in [0.15, 0.2) is 11.9 Å². The minimum Gasteiger partial charge on any atom is -0.505 e. The summed E-state index contributed by atoms with van der Waals surface area (Å²) in [4.78, 5) is 22.0. The zero-order valence-electron chi connectivity index (χ0n) is 9.96. The highest BCUT2D eigenvalue weighted by Gasteiger charge is 2.39. The Labute approximate surface area is 104 Å². The molecule has 0 unspecified atom stereocenters. The number of cyclic esters (lactones) is 1. The number of hydrogen-bond donors (Lipinski definition) is 3. The highest BCUT2D eigenvalue weighted by Crippen LogP contribution is 2.21. The molecular weight excluding hydrogens is 244 g/mol. The van der Waals surface area contributed by atoms with Crippen molar-refractivity contribution in [2.75, 3.05) is 6.61 Å². The van der Waals surface area contributed by atoms with Gasteiger partial charge in [0.05, 0.1) is 0 Å². The summed E-state index contributed by atoms with van der Waals surface area (Å²) in [5.41, 5.74) is 0. The van der Waals surface area contributed by atoms with E-state index in [1.54, 1.807) is 0 Å². The van der Waals surface area contributed by atoms with Crippen LogP contribution in [0.25, 0.3) is 0 Å². The maximum atomic E-state index is 11.2. The number of aliphatic hydroxyl groups excluding tert-OH is 3. The van der Waals surface area contributed by atoms with Gasteiger partial charge in [-0.05, 0) is 6.42 Å². The van der Waals surface area contributed by atoms with E-state index in [9.17, 15) is 19.8 Å². The van der Waals surface area contributed by atoms with Crippen LogP contribution in [0.4, 0.5) is 0 Å². The van der Waals surface area contributed by atoms with E-state index in [0.717, 1.165) is 6.42 Å². The molecule has 0 aromatic carbocycles. The van der Waals surface area contributed by atoms with Crippen molar-refractivity contribution in [1.29, 1.82) is 0 Å². The van der Waals surface area contributed by atoms with Gasteiger partial charge in [0, 0.05) is 6.42 Å². The summed E-state index contributed by atoms with van der Waals surface area (Å²) in [6, 6.07) is 0. The van der Waals surface area contributed by atoms with Crippen molar-refractivity contribution in [3.05, 3.63) is 11.5 Å². The SMILES string of the molecule is CCCCC(=O)OC[C@H](O)[C@H]1OC(=O)C(O)=C1O. The molecule has 0 bridgehead atoms. The fourth-order valence-corrected chi connectivity index (χ4v) is 1.39. The van der Waals surface area contributed by atoms with Gasteiger partial charge in [-0.15, -0.1) is 0 Å². The van der Waals surface area contributed by atoms with Crippen LogP contribution in [-0.4, -0.2) is 46.1 Å². The van der Waals surface area contributed by atoms with Crippen LogP contribution in [0.2, 0.25) is 0 Å². The second-order valence-electron chi connectivity index (χ2n) is 3.91. The molecule has 1 heterocycles. The van der Waals surface area contributed by atoms with E-state index in [1.807, 2.05) is 6.92 Å². The molecule has 1 aliphatic rings. The number of ether oxygens (including phenoxy) is 2. The highest BCUT2D eigenvalue weighted by molar-refractivity contribution is 5.89. The van der Waals surface area contributed by atoms with Crippen LogP contribution >= 0.6 is 0 Å². The topological polar surface area (TPSA) is 113 Å². The summed E-state index contributed by atoms with van der Waals surface area (Å²) >= 11 is 0. The molecule has 7 nitrogen and oxygen atoms in total. The zero-order chi connectivity index (χ0) is 13.7. The smallest absolute Gasteiger partial charge is 0.377 e. The molecule has 0 spiro atoms. The van der Waals surface area contributed by atoms with Crippen LogP contribution in [0.1, 0.15) is 26.2 Å². The second kappa shape index (κ2) is 6.25. The zero-order valence-corrected chi connectivity index (χ0v) is 9.96. The average Bonchev–Trinajstić information content (AvgIpc) is 2.61. The number of carbonyl (C=O) groups is 2. The lowest BCUT2D eigenvalue weighted by Crippen LogP contribution is -2.33. The molecule has 0 aliphatic carbocycles. The predicted molar refractivity (Wildman–Crippen MR) is 58.7 cm³/mol. The summed E-state index contributed by atoms with van der Waals surface area (Å²) < 4.78 is 9.25. The number of carbonyl (C=O) groups excluding carboxylic acids is 2. The van der Waals surface area contributed by atoms with Gasteiger partial charge in [0.25, 0.3) is 0 Å². The van der Waals surface area contributed by atoms with Gasteiger partial charge in [-0.3, -0.25) is 4.79 Å². The Kier molecular flexibility index (Phi) is 4.96. The number of unbranched alkanes of at least 4 members (excludes halogenated alkanes) is 1. The number of rotatable bonds is 6. The van der Waals surface area contributed by atoms with Gasteiger partial charge in [-0.1, -0.05) is 13.3 Å². The molecular formula is C11H16O7. The minimum atomic E-state index is -1.41. The van der Waals surface area contributed by atoms with Crippen molar-refractivity contribution in [2.24, 2.45) is 0 Å². The quantitative estimate of drug-likeness (QED) is 0.590. The molecule has 0 saturated carbocycles. The lowest BCUT2D eigenvalue weighted by Gasteiger charge is -2.17. The molecule has 1 rings (SSSR count). The molecule has 102 valence electrons. The summed E-state index contributed by atoms with van der Waals surface area (Å²) in [5, 5.41) is 27.9. The van der Waals surface area contributed by atoms with Gasteiger partial charge >= 0.3 is 11.9 Å². The van der Waals surface area contributed by atoms with Crippen molar-refractivity contribution in [2.45, 2.75) is 38.4 Å². The lowest BCUT2D eigenvalue weighted by molar-refractivity contribution is -0.154. The first-order chi connectivity index (χ1) is 8.47. The number of esters is 2. The lowest BCUT2D eigenvalue weighted by atomic mass is 10.2. The predicted octanol–water partition coefficient (Wildman–Crippen LogP) is 0.334. The Bertz CT molecular complexity index is 360. The van der Waals surface area contributed by atoms with E-state index >= 15 is 0 Å². The normalized spacial score (nSPS) is 20.8. The van der Waals surface area contributed by atoms with Crippen LogP contribution in [0.3, 0.4) is 0 Å². The van der Waals surface area contributed by atoms with E-state index in [0.29, 0.717) is 6.42 Å². The van der Waals surface area contributed by atoms with Crippen molar-refractivity contribution in [3.63, 3.8) is 0 Å². The Balaban J connectivity index is 2.41. The van der Waals surface area contributed by atoms with E-state index < -0.39 is 42.3 Å². The summed E-state index contributed by atoms with van der Waals surface area (Å²) in [6.45, 7) is 1.50. The summed E-state index contributed by atoms with van der Waals surface area (Å²) in [7, 11) is 0. The highest BCUT2D eigenvalue weighted by atomic mass is 16.6. The molecule has 2 atom stereocenters. The first-order valence-corrected chi connectivity index (χ1v) is 5.64. The van der Waals surface area contributed by atoms with Gasteiger partial charge in [-0.2, -0.15) is 0 Å². The third-order valence-corrected chi connectivity index (χ3v) is 2.44. The standard InChI is InChI=1S/C11H16O7/c1-2-3-4-7(13)17-5-6(12)10-8(14)9(15)11(16)18-10/h6,10,12,14-15H,2-5H2,1H3/t6-,10+/m0/s1. The van der Waals surface area contributed by atoms with Crippen molar-refractivity contribution in [1.82, 2.24) is 0 Å². The van der Waals surface area contributed by atoms with Crippen LogP contribution in [-0.2, 0) is 19.1 Å². The third kappa shape index (κ3) is 3.36. The number of aliphatic hydroxyl groups is 3. The van der Waals surface area contributed by atoms with Gasteiger partial charge in [0.2, 0.25) is 5.76 Å². The van der Waals surface area contributed by atoms with Crippen LogP contribution in [0.15, 0.2) is 11.5 Å². The molecule has 0 saturated heterocycles. The molecule has 0 fully saturated rings. The molecule has 1 aliphatic heterocycles. The Hall–Kier alpha value is -1.76.